The van der Waals surface area contributed by atoms with E-state index in [1.807, 2.05) is 6.07 Å². The van der Waals surface area contributed by atoms with Gasteiger partial charge in [-0.15, -0.1) is 0 Å². The van der Waals surface area contributed by atoms with Gasteiger partial charge in [-0.1, -0.05) is 26.0 Å². The number of pyridine rings is 1. The largest absolute Gasteiger partial charge is 0.473 e. The fourth-order valence-electron chi connectivity index (χ4n) is 1.38. The van der Waals surface area contributed by atoms with E-state index in [1.54, 1.807) is 22.9 Å². The van der Waals surface area contributed by atoms with E-state index in [9.17, 15) is 4.79 Å². The van der Waals surface area contributed by atoms with Crippen molar-refractivity contribution in [1.29, 1.82) is 0 Å². The molecule has 0 amide bonds. The molecule has 80 valence electrons. The average Bonchev–Trinajstić information content (AvgIpc) is 2.26. The van der Waals surface area contributed by atoms with Crippen molar-refractivity contribution in [1.82, 2.24) is 0 Å². The average molecular weight is 206 g/mol. The highest BCUT2D eigenvalue weighted by molar-refractivity contribution is 5.84. The first-order valence-corrected chi connectivity index (χ1v) is 5.08. The molecule has 0 saturated carbocycles. The predicted molar refractivity (Wildman–Crippen MR) is 58.6 cm³/mol. The summed E-state index contributed by atoms with van der Waals surface area (Å²) in [5.74, 6) is -0.894. The topological polar surface area (TPSA) is 41.2 Å². The van der Waals surface area contributed by atoms with Crippen molar-refractivity contribution in [3.8, 4) is 0 Å². The van der Waals surface area contributed by atoms with Gasteiger partial charge in [-0.3, -0.25) is 0 Å². The van der Waals surface area contributed by atoms with Gasteiger partial charge < -0.3 is 5.11 Å². The normalized spacial score (nSPS) is 9.93. The lowest BCUT2D eigenvalue weighted by Crippen LogP contribution is -2.40. The standard InChI is InChI=1S/C12H15NO2/c1-3-5-7-13-8-6-10(4-2)9-11(13)12(14)15/h4,6,8-9H,2-3,5,7H2,1H3/p+1. The minimum atomic E-state index is -0.894. The molecular weight excluding hydrogens is 190 g/mol. The van der Waals surface area contributed by atoms with Gasteiger partial charge in [0.1, 0.15) is 6.54 Å². The molecule has 0 aliphatic heterocycles. The Morgan fingerprint density at radius 3 is 2.93 bits per heavy atom. The number of carboxylic acids is 1. The molecule has 1 heterocycles. The van der Waals surface area contributed by atoms with Crippen molar-refractivity contribution in [3.05, 3.63) is 36.2 Å². The van der Waals surface area contributed by atoms with Crippen LogP contribution >= 0.6 is 0 Å². The first-order chi connectivity index (χ1) is 7.19. The van der Waals surface area contributed by atoms with E-state index >= 15 is 0 Å². The summed E-state index contributed by atoms with van der Waals surface area (Å²) in [6, 6.07) is 3.51. The third-order valence-corrected chi connectivity index (χ3v) is 2.27. The second kappa shape index (κ2) is 5.29. The Bertz CT molecular complexity index is 372. The van der Waals surface area contributed by atoms with Crippen LogP contribution in [0, 0.1) is 0 Å². The monoisotopic (exact) mass is 206 g/mol. The fourth-order valence-corrected chi connectivity index (χ4v) is 1.38. The Kier molecular flexibility index (Phi) is 4.03. The Balaban J connectivity index is 3.03. The number of aromatic nitrogens is 1. The van der Waals surface area contributed by atoms with Crippen molar-refractivity contribution in [2.75, 3.05) is 0 Å². The number of carboxylic acid groups (broad SMARTS) is 1. The zero-order chi connectivity index (χ0) is 11.3. The van der Waals surface area contributed by atoms with Crippen LogP contribution in [0.2, 0.25) is 0 Å². The third-order valence-electron chi connectivity index (χ3n) is 2.27. The molecule has 15 heavy (non-hydrogen) atoms. The quantitative estimate of drug-likeness (QED) is 0.750. The highest BCUT2D eigenvalue weighted by Gasteiger charge is 2.17. The summed E-state index contributed by atoms with van der Waals surface area (Å²) in [5, 5.41) is 9.03. The minimum absolute atomic E-state index is 0.320. The van der Waals surface area contributed by atoms with Crippen LogP contribution in [0.5, 0.6) is 0 Å². The van der Waals surface area contributed by atoms with Crippen LogP contribution in [0.1, 0.15) is 35.8 Å². The van der Waals surface area contributed by atoms with Crippen molar-refractivity contribution in [3.63, 3.8) is 0 Å². The lowest BCUT2D eigenvalue weighted by molar-refractivity contribution is -0.699. The molecule has 0 bridgehead atoms. The van der Waals surface area contributed by atoms with Gasteiger partial charge in [0, 0.05) is 18.6 Å². The molecule has 1 aromatic heterocycles. The van der Waals surface area contributed by atoms with E-state index in [-0.39, 0.29) is 0 Å². The summed E-state index contributed by atoms with van der Waals surface area (Å²) in [4.78, 5) is 11.0. The molecule has 0 fully saturated rings. The Labute approximate surface area is 89.7 Å². The summed E-state index contributed by atoms with van der Waals surface area (Å²) < 4.78 is 1.76. The molecule has 0 saturated heterocycles. The molecule has 0 aromatic carbocycles. The second-order valence-electron chi connectivity index (χ2n) is 3.40. The van der Waals surface area contributed by atoms with Crippen LogP contribution < -0.4 is 4.57 Å². The van der Waals surface area contributed by atoms with Crippen LogP contribution in [0.4, 0.5) is 0 Å². The fraction of sp³-hybridized carbons (Fsp3) is 0.333. The molecule has 1 rings (SSSR count). The van der Waals surface area contributed by atoms with Crippen LogP contribution in [0.15, 0.2) is 24.9 Å². The predicted octanol–water partition coefficient (Wildman–Crippen LogP) is 2.12. The van der Waals surface area contributed by atoms with Crippen molar-refractivity contribution < 1.29 is 14.5 Å². The van der Waals surface area contributed by atoms with Gasteiger partial charge in [-0.2, -0.15) is 4.57 Å². The van der Waals surface area contributed by atoms with Crippen LogP contribution in [0.3, 0.4) is 0 Å². The molecule has 0 aliphatic rings. The molecule has 0 spiro atoms. The molecule has 3 heteroatoms. The maximum absolute atomic E-state index is 11.0. The summed E-state index contributed by atoms with van der Waals surface area (Å²) in [6.07, 6.45) is 5.49. The van der Waals surface area contributed by atoms with E-state index in [0.717, 1.165) is 24.9 Å². The number of rotatable bonds is 5. The number of aryl methyl sites for hydroxylation is 1. The summed E-state index contributed by atoms with van der Waals surface area (Å²) in [7, 11) is 0. The molecule has 0 atom stereocenters. The molecule has 1 aromatic rings. The molecule has 0 unspecified atom stereocenters. The molecule has 3 nitrogen and oxygen atoms in total. The SMILES string of the molecule is C=Cc1cc[n+](CCCC)c(C(=O)O)c1. The number of nitrogens with zero attached hydrogens (tertiary/aromatic N) is 1. The zero-order valence-corrected chi connectivity index (χ0v) is 8.94. The Hall–Kier alpha value is -1.64. The van der Waals surface area contributed by atoms with Crippen LogP contribution in [-0.2, 0) is 6.54 Å². The second-order valence-corrected chi connectivity index (χ2v) is 3.40. The lowest BCUT2D eigenvalue weighted by atomic mass is 10.2. The van der Waals surface area contributed by atoms with Gasteiger partial charge in [-0.05, 0) is 5.56 Å². The van der Waals surface area contributed by atoms with Crippen molar-refractivity contribution >= 4 is 12.0 Å². The molecule has 0 aliphatic carbocycles. The first-order valence-electron chi connectivity index (χ1n) is 5.08. The highest BCUT2D eigenvalue weighted by Crippen LogP contribution is 2.02. The van der Waals surface area contributed by atoms with E-state index in [1.165, 1.54) is 0 Å². The number of carbonyl (C=O) groups is 1. The van der Waals surface area contributed by atoms with Crippen molar-refractivity contribution in [2.24, 2.45) is 0 Å². The number of hydrogen-bond donors (Lipinski definition) is 1. The number of unbranched alkanes of at least 4 members (excludes halogenated alkanes) is 1. The van der Waals surface area contributed by atoms with Gasteiger partial charge in [0.25, 0.3) is 5.69 Å². The maximum atomic E-state index is 11.0. The van der Waals surface area contributed by atoms with Gasteiger partial charge in [-0.25, -0.2) is 4.79 Å². The van der Waals surface area contributed by atoms with Gasteiger partial charge in [0.15, 0.2) is 6.20 Å². The van der Waals surface area contributed by atoms with Gasteiger partial charge >= 0.3 is 5.97 Å². The van der Waals surface area contributed by atoms with E-state index in [0.29, 0.717) is 5.69 Å². The minimum Gasteiger partial charge on any atom is -0.473 e. The molecule has 0 radical (unpaired) electrons. The van der Waals surface area contributed by atoms with Crippen molar-refractivity contribution in [2.45, 2.75) is 26.3 Å². The lowest BCUT2D eigenvalue weighted by Gasteiger charge is -2.00. The van der Waals surface area contributed by atoms with Crippen LogP contribution in [0.25, 0.3) is 6.08 Å². The zero-order valence-electron chi connectivity index (χ0n) is 8.94. The summed E-state index contributed by atoms with van der Waals surface area (Å²) in [5.41, 5.74) is 1.15. The summed E-state index contributed by atoms with van der Waals surface area (Å²) >= 11 is 0. The Morgan fingerprint density at radius 2 is 2.40 bits per heavy atom. The third kappa shape index (κ3) is 2.91. The maximum Gasteiger partial charge on any atom is 0.401 e. The van der Waals surface area contributed by atoms with E-state index in [2.05, 4.69) is 13.5 Å². The Morgan fingerprint density at radius 1 is 1.67 bits per heavy atom. The van der Waals surface area contributed by atoms with Gasteiger partial charge in [0.05, 0.1) is 0 Å². The summed E-state index contributed by atoms with van der Waals surface area (Å²) in [6.45, 7) is 6.45. The van der Waals surface area contributed by atoms with Gasteiger partial charge in [0.2, 0.25) is 0 Å². The smallest absolute Gasteiger partial charge is 0.401 e. The van der Waals surface area contributed by atoms with Crippen LogP contribution in [-0.4, -0.2) is 11.1 Å². The number of hydrogen-bond acceptors (Lipinski definition) is 1. The molecular formula is C12H16NO2+. The van der Waals surface area contributed by atoms with E-state index in [4.69, 9.17) is 5.11 Å². The number of aromatic carboxylic acids is 1. The highest BCUT2D eigenvalue weighted by atomic mass is 16.4. The van der Waals surface area contributed by atoms with E-state index < -0.39 is 5.97 Å². The first kappa shape index (κ1) is 11.4. The molecule has 1 N–H and O–H groups in total.